The van der Waals surface area contributed by atoms with Gasteiger partial charge in [0.1, 0.15) is 6.04 Å². The van der Waals surface area contributed by atoms with Crippen LogP contribution in [0.4, 0.5) is 0 Å². The summed E-state index contributed by atoms with van der Waals surface area (Å²) in [5, 5.41) is 3.56. The van der Waals surface area contributed by atoms with Gasteiger partial charge in [0.15, 0.2) is 0 Å². The molecule has 0 aliphatic carbocycles. The summed E-state index contributed by atoms with van der Waals surface area (Å²) in [7, 11) is 0. The van der Waals surface area contributed by atoms with E-state index < -0.39 is 6.04 Å². The molecular weight excluding hydrogens is 395 g/mol. The fourth-order valence-electron chi connectivity index (χ4n) is 2.98. The maximum Gasteiger partial charge on any atom is 0.253 e. The average Bonchev–Trinajstić information content (AvgIpc) is 2.56. The molecule has 1 aliphatic rings. The summed E-state index contributed by atoms with van der Waals surface area (Å²) in [4.78, 5) is 27.4. The van der Waals surface area contributed by atoms with Gasteiger partial charge in [-0.15, -0.1) is 0 Å². The first-order valence-corrected chi connectivity index (χ1v) is 10.7. The van der Waals surface area contributed by atoms with E-state index in [4.69, 9.17) is 27.9 Å². The number of ether oxygens (including phenoxy) is 1. The first-order valence-electron chi connectivity index (χ1n) is 8.51. The smallest absolute Gasteiger partial charge is 0.253 e. The zero-order valence-corrected chi connectivity index (χ0v) is 17.5. The number of hydrogen-bond acceptors (Lipinski definition) is 4. The van der Waals surface area contributed by atoms with E-state index in [0.29, 0.717) is 30.1 Å². The molecule has 1 fully saturated rings. The van der Waals surface area contributed by atoms with Gasteiger partial charge in [-0.1, -0.05) is 23.2 Å². The molecule has 1 aliphatic heterocycles. The van der Waals surface area contributed by atoms with Gasteiger partial charge < -0.3 is 15.0 Å². The lowest BCUT2D eigenvalue weighted by molar-refractivity contribution is -0.145. The van der Waals surface area contributed by atoms with Crippen molar-refractivity contribution in [2.75, 3.05) is 25.1 Å². The molecule has 0 spiro atoms. The summed E-state index contributed by atoms with van der Waals surface area (Å²) in [5.41, 5.74) is 0.307. The molecule has 1 N–H and O–H groups in total. The molecule has 1 aromatic rings. The van der Waals surface area contributed by atoms with Gasteiger partial charge in [-0.3, -0.25) is 9.59 Å². The van der Waals surface area contributed by atoms with E-state index in [-0.39, 0.29) is 29.0 Å². The molecule has 1 aromatic carbocycles. The quantitative estimate of drug-likeness (QED) is 0.767. The molecule has 0 bridgehead atoms. The van der Waals surface area contributed by atoms with Gasteiger partial charge in [-0.2, -0.15) is 11.8 Å². The number of rotatable bonds is 6. The molecule has 0 aromatic heterocycles. The predicted molar refractivity (Wildman–Crippen MR) is 107 cm³/mol. The highest BCUT2D eigenvalue weighted by Gasteiger charge is 2.31. The number of halogens is 2. The van der Waals surface area contributed by atoms with Gasteiger partial charge in [-0.25, -0.2) is 0 Å². The molecule has 2 rings (SSSR count). The van der Waals surface area contributed by atoms with Crippen molar-refractivity contribution in [1.82, 2.24) is 10.2 Å². The van der Waals surface area contributed by atoms with E-state index in [1.54, 1.807) is 28.8 Å². The van der Waals surface area contributed by atoms with Crippen molar-refractivity contribution >= 4 is 46.8 Å². The van der Waals surface area contributed by atoms with Gasteiger partial charge in [0.05, 0.1) is 22.8 Å². The van der Waals surface area contributed by atoms with Crippen LogP contribution in [0.5, 0.6) is 0 Å². The highest BCUT2D eigenvalue weighted by atomic mass is 35.5. The summed E-state index contributed by atoms with van der Waals surface area (Å²) in [5.74, 6) is 0.306. The third-order valence-corrected chi connectivity index (χ3v) is 5.31. The lowest BCUT2D eigenvalue weighted by Gasteiger charge is -2.37. The van der Waals surface area contributed by atoms with Crippen LogP contribution in [0.3, 0.4) is 0 Å². The van der Waals surface area contributed by atoms with Crippen molar-refractivity contribution in [3.63, 3.8) is 0 Å². The van der Waals surface area contributed by atoms with Crippen LogP contribution in [0.15, 0.2) is 18.2 Å². The highest BCUT2D eigenvalue weighted by Crippen LogP contribution is 2.21. The van der Waals surface area contributed by atoms with E-state index in [1.807, 2.05) is 20.1 Å². The van der Waals surface area contributed by atoms with Crippen molar-refractivity contribution in [2.24, 2.45) is 0 Å². The molecule has 1 saturated heterocycles. The fraction of sp³-hybridized carbons (Fsp3) is 0.556. The number of amides is 2. The third-order valence-electron chi connectivity index (χ3n) is 4.12. The van der Waals surface area contributed by atoms with Crippen LogP contribution >= 0.6 is 35.0 Å². The number of benzene rings is 1. The molecule has 3 atom stereocenters. The number of morpholine rings is 1. The van der Waals surface area contributed by atoms with Crippen molar-refractivity contribution in [3.05, 3.63) is 33.8 Å². The Bertz CT molecular complexity index is 649. The Morgan fingerprint density at radius 1 is 1.31 bits per heavy atom. The molecule has 0 saturated carbocycles. The molecule has 0 unspecified atom stereocenters. The highest BCUT2D eigenvalue weighted by molar-refractivity contribution is 7.98. The Labute approximate surface area is 168 Å². The van der Waals surface area contributed by atoms with Gasteiger partial charge in [0, 0.05) is 18.1 Å². The van der Waals surface area contributed by atoms with Crippen LogP contribution in [0.2, 0.25) is 10.0 Å². The second-order valence-electron chi connectivity index (χ2n) is 6.43. The summed E-state index contributed by atoms with van der Waals surface area (Å²) in [6, 6.07) is 4.09. The summed E-state index contributed by atoms with van der Waals surface area (Å²) >= 11 is 13.6. The standard InChI is InChI=1S/C18H24Cl2N2O3S/c1-11-9-22(10-12(2)25-11)18(24)16(6-7-26-3)21-17(23)14-5-4-13(19)8-15(14)20/h4-5,8,11-12,16H,6-7,9-10H2,1-3H3,(H,21,23)/t11-,12-,16+/m1/s1. The normalized spacial score (nSPS) is 21.3. The minimum Gasteiger partial charge on any atom is -0.372 e. The zero-order valence-electron chi connectivity index (χ0n) is 15.1. The number of nitrogens with one attached hydrogen (secondary N) is 1. The van der Waals surface area contributed by atoms with E-state index in [0.717, 1.165) is 5.75 Å². The minimum absolute atomic E-state index is 0.0229. The maximum atomic E-state index is 13.0. The molecular formula is C18H24Cl2N2O3S. The van der Waals surface area contributed by atoms with E-state index in [2.05, 4.69) is 5.32 Å². The third kappa shape index (κ3) is 5.78. The van der Waals surface area contributed by atoms with Crippen LogP contribution in [0, 0.1) is 0 Å². The fourth-order valence-corrected chi connectivity index (χ4v) is 3.95. The van der Waals surface area contributed by atoms with Crippen molar-refractivity contribution in [3.8, 4) is 0 Å². The largest absolute Gasteiger partial charge is 0.372 e. The Balaban J connectivity index is 2.13. The molecule has 2 amide bonds. The van der Waals surface area contributed by atoms with Crippen LogP contribution in [-0.2, 0) is 9.53 Å². The number of thioether (sulfide) groups is 1. The van der Waals surface area contributed by atoms with E-state index in [1.165, 1.54) is 6.07 Å². The van der Waals surface area contributed by atoms with Crippen LogP contribution in [0.1, 0.15) is 30.6 Å². The lowest BCUT2D eigenvalue weighted by atomic mass is 10.1. The molecule has 1 heterocycles. The van der Waals surface area contributed by atoms with Crippen molar-refractivity contribution in [1.29, 1.82) is 0 Å². The SMILES string of the molecule is CSCC[C@H](NC(=O)c1ccc(Cl)cc1Cl)C(=O)N1C[C@@H](C)O[C@H](C)C1. The first-order chi connectivity index (χ1) is 12.3. The van der Waals surface area contributed by atoms with E-state index in [9.17, 15) is 9.59 Å². The molecule has 26 heavy (non-hydrogen) atoms. The second kappa shape index (κ2) is 9.83. The average molecular weight is 419 g/mol. The Morgan fingerprint density at radius 2 is 1.96 bits per heavy atom. The molecule has 5 nitrogen and oxygen atoms in total. The first kappa shape index (κ1) is 21.4. The topological polar surface area (TPSA) is 58.6 Å². The predicted octanol–water partition coefficient (Wildman–Crippen LogP) is 3.48. The number of carbonyl (C=O) groups excluding carboxylic acids is 2. The number of carbonyl (C=O) groups is 2. The lowest BCUT2D eigenvalue weighted by Crippen LogP contribution is -2.55. The molecule has 0 radical (unpaired) electrons. The Hall–Kier alpha value is -0.950. The summed E-state index contributed by atoms with van der Waals surface area (Å²) in [6.45, 7) is 4.94. The summed E-state index contributed by atoms with van der Waals surface area (Å²) in [6.07, 6.45) is 2.48. The monoisotopic (exact) mass is 418 g/mol. The maximum absolute atomic E-state index is 13.0. The Morgan fingerprint density at radius 3 is 2.54 bits per heavy atom. The van der Waals surface area contributed by atoms with Crippen LogP contribution in [0.25, 0.3) is 0 Å². The van der Waals surface area contributed by atoms with Crippen LogP contribution in [-0.4, -0.2) is 60.1 Å². The van der Waals surface area contributed by atoms with Gasteiger partial charge in [0.25, 0.3) is 5.91 Å². The number of nitrogens with zero attached hydrogens (tertiary/aromatic N) is 1. The zero-order chi connectivity index (χ0) is 19.3. The van der Waals surface area contributed by atoms with Gasteiger partial charge in [0.2, 0.25) is 5.91 Å². The van der Waals surface area contributed by atoms with Gasteiger partial charge >= 0.3 is 0 Å². The molecule has 144 valence electrons. The minimum atomic E-state index is -0.598. The van der Waals surface area contributed by atoms with Crippen molar-refractivity contribution in [2.45, 2.75) is 38.5 Å². The second-order valence-corrected chi connectivity index (χ2v) is 8.26. The Kier molecular flexibility index (Phi) is 8.07. The van der Waals surface area contributed by atoms with Crippen molar-refractivity contribution < 1.29 is 14.3 Å². The summed E-state index contributed by atoms with van der Waals surface area (Å²) < 4.78 is 5.69. The van der Waals surface area contributed by atoms with Gasteiger partial charge in [-0.05, 0) is 50.5 Å². The van der Waals surface area contributed by atoms with E-state index >= 15 is 0 Å². The van der Waals surface area contributed by atoms with Crippen LogP contribution < -0.4 is 5.32 Å². The molecule has 8 heteroatoms. The number of hydrogen-bond donors (Lipinski definition) is 1.